The largest absolute Gasteiger partial charge is 0.497 e. The standard InChI is InChI=1S/C22H15Cl2NO5/c1-29-16-5-7-17(8-6-16)30-22-11-3-14(12-20(22)25(27)28)2-10-21(26)18-13-15(23)4-9-19(18)24/h2-13H,1H3. The van der Waals surface area contributed by atoms with E-state index in [2.05, 4.69) is 0 Å². The number of carbonyl (C=O) groups excluding carboxylic acids is 1. The molecule has 3 rings (SSSR count). The number of rotatable bonds is 7. The van der Waals surface area contributed by atoms with Gasteiger partial charge in [-0.1, -0.05) is 35.3 Å². The first-order chi connectivity index (χ1) is 14.4. The van der Waals surface area contributed by atoms with E-state index in [1.54, 1.807) is 36.4 Å². The molecule has 30 heavy (non-hydrogen) atoms. The summed E-state index contributed by atoms with van der Waals surface area (Å²) in [6.07, 6.45) is 2.74. The summed E-state index contributed by atoms with van der Waals surface area (Å²) in [5.74, 6) is 0.769. The van der Waals surface area contributed by atoms with Gasteiger partial charge in [-0.25, -0.2) is 0 Å². The summed E-state index contributed by atoms with van der Waals surface area (Å²) < 4.78 is 10.7. The molecule has 6 nitrogen and oxygen atoms in total. The van der Waals surface area contributed by atoms with Gasteiger partial charge in [0.05, 0.1) is 17.1 Å². The summed E-state index contributed by atoms with van der Waals surface area (Å²) in [6.45, 7) is 0. The molecule has 0 atom stereocenters. The summed E-state index contributed by atoms with van der Waals surface area (Å²) >= 11 is 11.9. The fourth-order valence-corrected chi connectivity index (χ4v) is 2.97. The van der Waals surface area contributed by atoms with Crippen molar-refractivity contribution in [3.05, 3.63) is 98.0 Å². The van der Waals surface area contributed by atoms with Crippen molar-refractivity contribution in [2.75, 3.05) is 7.11 Å². The number of ketones is 1. The van der Waals surface area contributed by atoms with Crippen molar-refractivity contribution in [1.82, 2.24) is 0 Å². The van der Waals surface area contributed by atoms with Crippen molar-refractivity contribution in [3.8, 4) is 17.2 Å². The Morgan fingerprint density at radius 2 is 1.70 bits per heavy atom. The summed E-state index contributed by atoms with van der Waals surface area (Å²) in [4.78, 5) is 23.3. The Hall–Kier alpha value is -3.35. The second kappa shape index (κ2) is 9.43. The van der Waals surface area contributed by atoms with E-state index in [1.807, 2.05) is 0 Å². The van der Waals surface area contributed by atoms with E-state index in [1.165, 1.54) is 43.5 Å². The number of methoxy groups -OCH3 is 1. The number of benzene rings is 3. The lowest BCUT2D eigenvalue weighted by atomic mass is 10.1. The maximum absolute atomic E-state index is 12.4. The van der Waals surface area contributed by atoms with E-state index in [0.717, 1.165) is 0 Å². The van der Waals surface area contributed by atoms with Gasteiger partial charge in [-0.15, -0.1) is 0 Å². The Bertz CT molecular complexity index is 1130. The van der Waals surface area contributed by atoms with E-state index in [4.69, 9.17) is 32.7 Å². The normalized spacial score (nSPS) is 10.8. The first-order valence-electron chi connectivity index (χ1n) is 8.65. The molecular formula is C22H15Cl2NO5. The van der Waals surface area contributed by atoms with Crippen molar-refractivity contribution in [3.63, 3.8) is 0 Å². The maximum Gasteiger partial charge on any atom is 0.312 e. The van der Waals surface area contributed by atoms with Crippen molar-refractivity contribution in [2.24, 2.45) is 0 Å². The number of ether oxygens (including phenoxy) is 2. The van der Waals surface area contributed by atoms with Crippen LogP contribution in [0.25, 0.3) is 6.08 Å². The molecule has 0 spiro atoms. The number of nitro benzene ring substituents is 1. The van der Waals surface area contributed by atoms with Crippen molar-refractivity contribution in [2.45, 2.75) is 0 Å². The first kappa shape index (κ1) is 21.4. The van der Waals surface area contributed by atoms with Gasteiger partial charge in [0.2, 0.25) is 5.75 Å². The van der Waals surface area contributed by atoms with E-state index < -0.39 is 4.92 Å². The number of hydrogen-bond acceptors (Lipinski definition) is 5. The highest BCUT2D eigenvalue weighted by Gasteiger charge is 2.17. The number of hydrogen-bond donors (Lipinski definition) is 0. The Kier molecular flexibility index (Phi) is 6.72. The zero-order chi connectivity index (χ0) is 21.7. The molecule has 0 saturated carbocycles. The third-order valence-corrected chi connectivity index (χ3v) is 4.65. The highest BCUT2D eigenvalue weighted by Crippen LogP contribution is 2.33. The van der Waals surface area contributed by atoms with Gasteiger partial charge in [0.15, 0.2) is 5.78 Å². The smallest absolute Gasteiger partial charge is 0.312 e. The Morgan fingerprint density at radius 3 is 2.37 bits per heavy atom. The molecule has 0 amide bonds. The third-order valence-electron chi connectivity index (χ3n) is 4.09. The van der Waals surface area contributed by atoms with E-state index in [-0.39, 0.29) is 27.8 Å². The van der Waals surface area contributed by atoms with Gasteiger partial charge >= 0.3 is 5.69 Å². The lowest BCUT2D eigenvalue weighted by Crippen LogP contribution is -1.96. The third kappa shape index (κ3) is 5.17. The average molecular weight is 444 g/mol. The fourth-order valence-electron chi connectivity index (χ4n) is 2.59. The van der Waals surface area contributed by atoms with Crippen LogP contribution in [0, 0.1) is 10.1 Å². The average Bonchev–Trinajstić information content (AvgIpc) is 2.74. The van der Waals surface area contributed by atoms with Crippen LogP contribution < -0.4 is 9.47 Å². The number of nitrogens with zero attached hydrogens (tertiary/aromatic N) is 1. The number of nitro groups is 1. The van der Waals surface area contributed by atoms with Gasteiger partial charge in [0.25, 0.3) is 0 Å². The molecule has 0 aromatic heterocycles. The SMILES string of the molecule is COc1ccc(Oc2ccc(C=CC(=O)c3cc(Cl)ccc3Cl)cc2[N+](=O)[O-])cc1. The number of halogens is 2. The van der Waals surface area contributed by atoms with Crippen LogP contribution in [-0.2, 0) is 0 Å². The molecule has 0 heterocycles. The van der Waals surface area contributed by atoms with Gasteiger partial charge in [-0.2, -0.15) is 0 Å². The molecule has 0 aliphatic carbocycles. The van der Waals surface area contributed by atoms with Gasteiger partial charge in [0, 0.05) is 16.7 Å². The minimum atomic E-state index is -0.550. The molecule has 0 unspecified atom stereocenters. The minimum absolute atomic E-state index is 0.0755. The van der Waals surface area contributed by atoms with E-state index in [9.17, 15) is 14.9 Å². The highest BCUT2D eigenvalue weighted by atomic mass is 35.5. The molecule has 0 aliphatic heterocycles. The van der Waals surface area contributed by atoms with Gasteiger partial charge in [0.1, 0.15) is 11.5 Å². The fraction of sp³-hybridized carbons (Fsp3) is 0.0455. The predicted octanol–water partition coefficient (Wildman–Crippen LogP) is 6.60. The van der Waals surface area contributed by atoms with E-state index in [0.29, 0.717) is 22.1 Å². The highest BCUT2D eigenvalue weighted by molar-refractivity contribution is 6.36. The van der Waals surface area contributed by atoms with Gasteiger partial charge in [-0.3, -0.25) is 14.9 Å². The molecule has 3 aromatic rings. The van der Waals surface area contributed by atoms with Crippen LogP contribution in [-0.4, -0.2) is 17.8 Å². The lowest BCUT2D eigenvalue weighted by Gasteiger charge is -2.08. The summed E-state index contributed by atoms with van der Waals surface area (Å²) in [6, 6.07) is 15.6. The van der Waals surface area contributed by atoms with Crippen molar-refractivity contribution < 1.29 is 19.2 Å². The Morgan fingerprint density at radius 1 is 1.00 bits per heavy atom. The molecule has 0 fully saturated rings. The van der Waals surface area contributed by atoms with Crippen LogP contribution in [0.1, 0.15) is 15.9 Å². The second-order valence-corrected chi connectivity index (χ2v) is 6.93. The molecule has 0 bridgehead atoms. The zero-order valence-corrected chi connectivity index (χ0v) is 17.2. The molecule has 0 saturated heterocycles. The molecule has 0 N–H and O–H groups in total. The van der Waals surface area contributed by atoms with Crippen LogP contribution in [0.3, 0.4) is 0 Å². The summed E-state index contributed by atoms with van der Waals surface area (Å²) in [7, 11) is 1.54. The van der Waals surface area contributed by atoms with Crippen LogP contribution >= 0.6 is 23.2 Å². The molecular weight excluding hydrogens is 429 g/mol. The van der Waals surface area contributed by atoms with Crippen LogP contribution in [0.4, 0.5) is 5.69 Å². The van der Waals surface area contributed by atoms with E-state index >= 15 is 0 Å². The molecule has 3 aromatic carbocycles. The molecule has 0 aliphatic rings. The Labute approximate surface area is 182 Å². The number of allylic oxidation sites excluding steroid dienone is 1. The topological polar surface area (TPSA) is 78.7 Å². The zero-order valence-electron chi connectivity index (χ0n) is 15.7. The monoisotopic (exact) mass is 443 g/mol. The van der Waals surface area contributed by atoms with Crippen molar-refractivity contribution >= 4 is 40.7 Å². The lowest BCUT2D eigenvalue weighted by molar-refractivity contribution is -0.385. The van der Waals surface area contributed by atoms with Gasteiger partial charge in [-0.05, 0) is 60.2 Å². The quantitative estimate of drug-likeness (QED) is 0.178. The maximum atomic E-state index is 12.4. The van der Waals surface area contributed by atoms with Crippen LogP contribution in [0.5, 0.6) is 17.2 Å². The molecule has 152 valence electrons. The van der Waals surface area contributed by atoms with Crippen molar-refractivity contribution in [1.29, 1.82) is 0 Å². The molecule has 8 heteroatoms. The number of carbonyl (C=O) groups is 1. The predicted molar refractivity (Wildman–Crippen MR) is 116 cm³/mol. The van der Waals surface area contributed by atoms with Gasteiger partial charge < -0.3 is 9.47 Å². The second-order valence-electron chi connectivity index (χ2n) is 6.08. The van der Waals surface area contributed by atoms with Crippen LogP contribution in [0.2, 0.25) is 10.0 Å². The minimum Gasteiger partial charge on any atom is -0.497 e. The summed E-state index contributed by atoms with van der Waals surface area (Å²) in [5, 5.41) is 12.1. The van der Waals surface area contributed by atoms with Crippen LogP contribution in [0.15, 0.2) is 66.7 Å². The molecule has 0 radical (unpaired) electrons. The summed E-state index contributed by atoms with van der Waals surface area (Å²) in [5.41, 5.74) is 0.464. The Balaban J connectivity index is 1.83. The first-order valence-corrected chi connectivity index (χ1v) is 9.41.